The lowest BCUT2D eigenvalue weighted by Gasteiger charge is -2.03. The van der Waals surface area contributed by atoms with Crippen molar-refractivity contribution in [3.05, 3.63) is 40.7 Å². The molecule has 0 fully saturated rings. The lowest BCUT2D eigenvalue weighted by molar-refractivity contribution is 0.108. The minimum atomic E-state index is -0.555. The zero-order valence-electron chi connectivity index (χ0n) is 8.42. The Bertz CT molecular complexity index is 549. The number of rotatable bonds is 2. The molecule has 1 aromatic heterocycles. The first-order chi connectivity index (χ1) is 7.59. The molecule has 1 aromatic carbocycles. The molecule has 1 N–H and O–H groups in total. The summed E-state index contributed by atoms with van der Waals surface area (Å²) in [7, 11) is 0. The van der Waals surface area contributed by atoms with Gasteiger partial charge in [-0.05, 0) is 36.2 Å². The van der Waals surface area contributed by atoms with Crippen LogP contribution >= 0.6 is 23.2 Å². The van der Waals surface area contributed by atoms with E-state index in [0.29, 0.717) is 10.6 Å². The van der Waals surface area contributed by atoms with Gasteiger partial charge in [0.2, 0.25) is 0 Å². The highest BCUT2D eigenvalue weighted by Gasteiger charge is 2.10. The Balaban J connectivity index is 2.50. The van der Waals surface area contributed by atoms with E-state index in [1.165, 1.54) is 0 Å². The van der Waals surface area contributed by atoms with Gasteiger partial charge in [0.1, 0.15) is 0 Å². The number of carbonyl (C=O) groups excluding carboxylic acids is 1. The molecule has 5 heteroatoms. The summed E-state index contributed by atoms with van der Waals surface area (Å²) < 4.78 is 0. The van der Waals surface area contributed by atoms with Gasteiger partial charge in [-0.25, -0.2) is 0 Å². The molecule has 0 bridgehead atoms. The Labute approximate surface area is 102 Å². The number of aromatic nitrogens is 2. The summed E-state index contributed by atoms with van der Waals surface area (Å²) >= 11 is 11.3. The van der Waals surface area contributed by atoms with Crippen LogP contribution in [0, 0.1) is 6.92 Å². The van der Waals surface area contributed by atoms with E-state index in [-0.39, 0.29) is 0 Å². The van der Waals surface area contributed by atoms with E-state index in [4.69, 9.17) is 23.2 Å². The fourth-order valence-corrected chi connectivity index (χ4v) is 1.96. The average Bonchev–Trinajstić information content (AvgIpc) is 2.63. The van der Waals surface area contributed by atoms with Gasteiger partial charge in [0, 0.05) is 11.3 Å². The molecular formula is C11H8Cl2N2O. The fourth-order valence-electron chi connectivity index (χ4n) is 1.48. The molecule has 2 rings (SSSR count). The van der Waals surface area contributed by atoms with Crippen LogP contribution in [0.15, 0.2) is 24.4 Å². The number of carbonyl (C=O) groups is 1. The van der Waals surface area contributed by atoms with Gasteiger partial charge in [-0.1, -0.05) is 17.7 Å². The Hall–Kier alpha value is -1.32. The summed E-state index contributed by atoms with van der Waals surface area (Å²) in [5.41, 5.74) is 3.11. The third kappa shape index (κ3) is 1.96. The van der Waals surface area contributed by atoms with Gasteiger partial charge in [0.25, 0.3) is 5.24 Å². The molecule has 0 aliphatic rings. The van der Waals surface area contributed by atoms with Gasteiger partial charge in [-0.3, -0.25) is 9.89 Å². The third-order valence-corrected chi connectivity index (χ3v) is 2.84. The number of nitrogens with zero attached hydrogens (tertiary/aromatic N) is 1. The number of nitrogens with one attached hydrogen (secondary N) is 1. The highest BCUT2D eigenvalue weighted by atomic mass is 35.5. The molecular weight excluding hydrogens is 247 g/mol. The zero-order chi connectivity index (χ0) is 11.7. The quantitative estimate of drug-likeness (QED) is 0.835. The Kier molecular flexibility index (Phi) is 2.99. The average molecular weight is 255 g/mol. The minimum Gasteiger partial charge on any atom is -0.282 e. The second-order valence-corrected chi connectivity index (χ2v) is 4.13. The number of hydrogen-bond acceptors (Lipinski definition) is 2. The molecule has 0 spiro atoms. The van der Waals surface area contributed by atoms with Gasteiger partial charge in [-0.15, -0.1) is 0 Å². The van der Waals surface area contributed by atoms with Gasteiger partial charge in [0.15, 0.2) is 0 Å². The predicted octanol–water partition coefficient (Wildman–Crippen LogP) is 3.42. The van der Waals surface area contributed by atoms with Crippen molar-refractivity contribution in [3.8, 4) is 11.1 Å². The molecule has 0 aliphatic carbocycles. The molecule has 0 saturated carbocycles. The van der Waals surface area contributed by atoms with Crippen LogP contribution in [-0.4, -0.2) is 15.4 Å². The maximum atomic E-state index is 11.0. The van der Waals surface area contributed by atoms with E-state index in [1.54, 1.807) is 24.4 Å². The molecule has 82 valence electrons. The highest BCUT2D eigenvalue weighted by molar-refractivity contribution is 6.68. The SMILES string of the molecule is Cc1[nH]ncc1-c1ccc(C(=O)Cl)c(Cl)c1. The van der Waals surface area contributed by atoms with Gasteiger partial charge < -0.3 is 0 Å². The second kappa shape index (κ2) is 4.28. The van der Waals surface area contributed by atoms with Crippen LogP contribution in [0.25, 0.3) is 11.1 Å². The molecule has 0 aliphatic heterocycles. The molecule has 16 heavy (non-hydrogen) atoms. The number of halogens is 2. The number of aryl methyl sites for hydroxylation is 1. The predicted molar refractivity (Wildman–Crippen MR) is 64.0 cm³/mol. The normalized spacial score (nSPS) is 10.4. The van der Waals surface area contributed by atoms with Crippen LogP contribution in [0.3, 0.4) is 0 Å². The Morgan fingerprint density at radius 2 is 2.19 bits per heavy atom. The molecule has 0 atom stereocenters. The fraction of sp³-hybridized carbons (Fsp3) is 0.0909. The van der Waals surface area contributed by atoms with E-state index >= 15 is 0 Å². The van der Waals surface area contributed by atoms with E-state index in [0.717, 1.165) is 16.8 Å². The monoisotopic (exact) mass is 254 g/mol. The maximum absolute atomic E-state index is 11.0. The zero-order valence-corrected chi connectivity index (χ0v) is 9.93. The minimum absolute atomic E-state index is 0.313. The van der Waals surface area contributed by atoms with E-state index < -0.39 is 5.24 Å². The molecule has 0 radical (unpaired) electrons. The molecule has 2 aromatic rings. The second-order valence-electron chi connectivity index (χ2n) is 3.38. The van der Waals surface area contributed by atoms with Crippen LogP contribution in [0.4, 0.5) is 0 Å². The van der Waals surface area contributed by atoms with Crippen molar-refractivity contribution in [1.82, 2.24) is 10.2 Å². The Morgan fingerprint density at radius 1 is 1.44 bits per heavy atom. The maximum Gasteiger partial charge on any atom is 0.253 e. The summed E-state index contributed by atoms with van der Waals surface area (Å²) in [4.78, 5) is 11.0. The van der Waals surface area contributed by atoms with Crippen LogP contribution < -0.4 is 0 Å². The number of H-pyrrole nitrogens is 1. The standard InChI is InChI=1S/C11H8Cl2N2O/c1-6-9(5-14-15-6)7-2-3-8(11(13)16)10(12)4-7/h2-5H,1H3,(H,14,15). The topological polar surface area (TPSA) is 45.8 Å². The van der Waals surface area contributed by atoms with Crippen LogP contribution in [0.5, 0.6) is 0 Å². The van der Waals surface area contributed by atoms with Crippen LogP contribution in [0.1, 0.15) is 16.1 Å². The summed E-state index contributed by atoms with van der Waals surface area (Å²) in [6, 6.07) is 5.10. The van der Waals surface area contributed by atoms with E-state index in [9.17, 15) is 4.79 Å². The molecule has 3 nitrogen and oxygen atoms in total. The lowest BCUT2D eigenvalue weighted by atomic mass is 10.1. The number of aromatic amines is 1. The van der Waals surface area contributed by atoms with E-state index in [1.807, 2.05) is 6.92 Å². The number of benzene rings is 1. The summed E-state index contributed by atoms with van der Waals surface area (Å²) in [5.74, 6) is 0. The van der Waals surface area contributed by atoms with Crippen molar-refractivity contribution in [2.45, 2.75) is 6.92 Å². The smallest absolute Gasteiger partial charge is 0.253 e. The van der Waals surface area contributed by atoms with Crippen molar-refractivity contribution < 1.29 is 4.79 Å². The van der Waals surface area contributed by atoms with Crippen LogP contribution in [-0.2, 0) is 0 Å². The first-order valence-corrected chi connectivity index (χ1v) is 5.35. The van der Waals surface area contributed by atoms with Crippen LogP contribution in [0.2, 0.25) is 5.02 Å². The van der Waals surface area contributed by atoms with E-state index in [2.05, 4.69) is 10.2 Å². The summed E-state index contributed by atoms with van der Waals surface area (Å²) in [6.07, 6.45) is 1.71. The lowest BCUT2D eigenvalue weighted by Crippen LogP contribution is -1.90. The summed E-state index contributed by atoms with van der Waals surface area (Å²) in [5, 5.41) is 6.55. The molecule has 0 unspecified atom stereocenters. The van der Waals surface area contributed by atoms with Gasteiger partial charge in [-0.2, -0.15) is 5.10 Å². The largest absolute Gasteiger partial charge is 0.282 e. The van der Waals surface area contributed by atoms with Crippen molar-refractivity contribution in [1.29, 1.82) is 0 Å². The molecule has 0 amide bonds. The first kappa shape index (κ1) is 11.2. The first-order valence-electron chi connectivity index (χ1n) is 4.59. The Morgan fingerprint density at radius 3 is 2.69 bits per heavy atom. The summed E-state index contributed by atoms with van der Waals surface area (Å²) in [6.45, 7) is 1.91. The van der Waals surface area contributed by atoms with Crippen molar-refractivity contribution in [2.75, 3.05) is 0 Å². The van der Waals surface area contributed by atoms with Crippen molar-refractivity contribution in [2.24, 2.45) is 0 Å². The highest BCUT2D eigenvalue weighted by Crippen LogP contribution is 2.27. The van der Waals surface area contributed by atoms with Gasteiger partial charge in [0.05, 0.1) is 16.8 Å². The van der Waals surface area contributed by atoms with Gasteiger partial charge >= 0.3 is 0 Å². The molecule has 1 heterocycles. The van der Waals surface area contributed by atoms with Crippen molar-refractivity contribution in [3.63, 3.8) is 0 Å². The molecule has 0 saturated heterocycles. The number of hydrogen-bond donors (Lipinski definition) is 1. The third-order valence-electron chi connectivity index (χ3n) is 2.32. The van der Waals surface area contributed by atoms with Crippen molar-refractivity contribution >= 4 is 28.4 Å².